The number of anilines is 1. The summed E-state index contributed by atoms with van der Waals surface area (Å²) in [4.78, 5) is 33.6. The van der Waals surface area contributed by atoms with Crippen molar-refractivity contribution in [3.8, 4) is 28.4 Å². The Kier molecular flexibility index (Phi) is 9.08. The second-order valence-electron chi connectivity index (χ2n) is 9.88. The lowest BCUT2D eigenvalue weighted by Gasteiger charge is -2.23. The smallest absolute Gasteiger partial charge is 0.254 e. The summed E-state index contributed by atoms with van der Waals surface area (Å²) in [5, 5.41) is 3.54. The lowest BCUT2D eigenvalue weighted by atomic mass is 10.1. The van der Waals surface area contributed by atoms with E-state index < -0.39 is 5.91 Å². The average molecular weight is 595 g/mol. The van der Waals surface area contributed by atoms with E-state index in [2.05, 4.69) is 5.32 Å². The maximum atomic E-state index is 13.7. The Morgan fingerprint density at radius 1 is 0.884 bits per heavy atom. The van der Waals surface area contributed by atoms with Crippen LogP contribution in [0.2, 0.25) is 5.02 Å². The van der Waals surface area contributed by atoms with Crippen LogP contribution in [0.15, 0.2) is 103 Å². The van der Waals surface area contributed by atoms with E-state index in [-0.39, 0.29) is 24.9 Å². The quantitative estimate of drug-likeness (QED) is 0.192. The van der Waals surface area contributed by atoms with Crippen molar-refractivity contribution in [1.82, 2.24) is 14.5 Å². The molecule has 1 heterocycles. The standard InChI is InChI=1S/C34H31ClN4O4/c1-23-9-7-8-12-28(23)33(41)38(20-24-10-5-4-6-11-24)22-32(40)37-34-36-29(25-13-15-26(35)16-14-25)21-39(34)27-17-18-30(42-2)31(19-27)43-3/h4-19,21H,20,22H2,1-3H3,(H,36,37,40). The summed E-state index contributed by atoms with van der Waals surface area (Å²) >= 11 is 6.11. The molecule has 218 valence electrons. The number of carbonyl (C=O) groups is 2. The Bertz CT molecular complexity index is 1740. The zero-order chi connectivity index (χ0) is 30.3. The minimum Gasteiger partial charge on any atom is -0.493 e. The third-order valence-electron chi connectivity index (χ3n) is 6.96. The molecule has 0 saturated heterocycles. The molecule has 1 aromatic heterocycles. The molecule has 0 atom stereocenters. The Morgan fingerprint density at radius 2 is 1.58 bits per heavy atom. The highest BCUT2D eigenvalue weighted by molar-refractivity contribution is 6.30. The zero-order valence-corrected chi connectivity index (χ0v) is 24.8. The van der Waals surface area contributed by atoms with E-state index in [4.69, 9.17) is 26.1 Å². The van der Waals surface area contributed by atoms with Crippen LogP contribution in [-0.2, 0) is 11.3 Å². The molecule has 0 fully saturated rings. The van der Waals surface area contributed by atoms with Crippen LogP contribution in [0.25, 0.3) is 16.9 Å². The summed E-state index contributed by atoms with van der Waals surface area (Å²) < 4.78 is 12.7. The van der Waals surface area contributed by atoms with Crippen LogP contribution in [0.4, 0.5) is 5.95 Å². The van der Waals surface area contributed by atoms with Crippen LogP contribution in [0, 0.1) is 6.92 Å². The van der Waals surface area contributed by atoms with Gasteiger partial charge in [0, 0.05) is 35.0 Å². The third-order valence-corrected chi connectivity index (χ3v) is 7.21. The van der Waals surface area contributed by atoms with Crippen LogP contribution < -0.4 is 14.8 Å². The molecule has 4 aromatic carbocycles. The van der Waals surface area contributed by atoms with E-state index in [0.29, 0.717) is 33.5 Å². The van der Waals surface area contributed by atoms with Crippen molar-refractivity contribution in [2.45, 2.75) is 13.5 Å². The minimum absolute atomic E-state index is 0.183. The molecule has 9 heteroatoms. The number of hydrogen-bond donors (Lipinski definition) is 1. The van der Waals surface area contributed by atoms with Crippen molar-refractivity contribution in [2.24, 2.45) is 0 Å². The largest absolute Gasteiger partial charge is 0.493 e. The summed E-state index contributed by atoms with van der Waals surface area (Å²) in [5.41, 5.74) is 4.43. The molecule has 0 saturated carbocycles. The summed E-state index contributed by atoms with van der Waals surface area (Å²) in [5.74, 6) is 0.748. The maximum absolute atomic E-state index is 13.7. The SMILES string of the molecule is COc1ccc(-n2cc(-c3ccc(Cl)cc3)nc2NC(=O)CN(Cc2ccccc2)C(=O)c2ccccc2C)cc1OC. The van der Waals surface area contributed by atoms with Crippen molar-refractivity contribution in [3.05, 3.63) is 125 Å². The van der Waals surface area contributed by atoms with E-state index in [9.17, 15) is 9.59 Å². The van der Waals surface area contributed by atoms with Gasteiger partial charge in [-0.2, -0.15) is 0 Å². The van der Waals surface area contributed by atoms with Gasteiger partial charge in [0.05, 0.1) is 25.6 Å². The number of amides is 2. The zero-order valence-electron chi connectivity index (χ0n) is 24.1. The molecule has 5 rings (SSSR count). The van der Waals surface area contributed by atoms with Crippen LogP contribution >= 0.6 is 11.6 Å². The predicted octanol–water partition coefficient (Wildman–Crippen LogP) is 6.80. The van der Waals surface area contributed by atoms with Gasteiger partial charge in [-0.3, -0.25) is 19.5 Å². The van der Waals surface area contributed by atoms with Crippen molar-refractivity contribution >= 4 is 29.4 Å². The molecule has 5 aromatic rings. The average Bonchev–Trinajstić information content (AvgIpc) is 3.44. The first-order valence-corrected chi connectivity index (χ1v) is 14.0. The van der Waals surface area contributed by atoms with E-state index in [1.54, 1.807) is 49.1 Å². The van der Waals surface area contributed by atoms with Crippen molar-refractivity contribution in [3.63, 3.8) is 0 Å². The molecule has 0 aliphatic heterocycles. The molecule has 8 nitrogen and oxygen atoms in total. The Labute approximate surface area is 255 Å². The second-order valence-corrected chi connectivity index (χ2v) is 10.3. The number of aryl methyl sites for hydroxylation is 1. The monoisotopic (exact) mass is 594 g/mol. The number of carbonyl (C=O) groups excluding carboxylic acids is 2. The highest BCUT2D eigenvalue weighted by Gasteiger charge is 2.22. The summed E-state index contributed by atoms with van der Waals surface area (Å²) in [7, 11) is 3.13. The number of nitrogens with zero attached hydrogens (tertiary/aromatic N) is 3. The Morgan fingerprint density at radius 3 is 2.28 bits per heavy atom. The van der Waals surface area contributed by atoms with Crippen molar-refractivity contribution in [1.29, 1.82) is 0 Å². The molecule has 0 bridgehead atoms. The number of halogens is 1. The lowest BCUT2D eigenvalue weighted by molar-refractivity contribution is -0.117. The van der Waals surface area contributed by atoms with Gasteiger partial charge in [-0.15, -0.1) is 0 Å². The number of methoxy groups -OCH3 is 2. The van der Waals surface area contributed by atoms with Crippen molar-refractivity contribution < 1.29 is 19.1 Å². The Balaban J connectivity index is 1.48. The van der Waals surface area contributed by atoms with E-state index in [0.717, 1.165) is 16.7 Å². The lowest BCUT2D eigenvalue weighted by Crippen LogP contribution is -2.38. The number of imidazole rings is 1. The molecular weight excluding hydrogens is 564 g/mol. The first-order chi connectivity index (χ1) is 20.9. The Hall–Kier alpha value is -5.08. The molecule has 43 heavy (non-hydrogen) atoms. The fourth-order valence-electron chi connectivity index (χ4n) is 4.72. The number of nitrogens with one attached hydrogen (secondary N) is 1. The van der Waals surface area contributed by atoms with Gasteiger partial charge in [-0.05, 0) is 48.4 Å². The minimum atomic E-state index is -0.396. The van der Waals surface area contributed by atoms with E-state index >= 15 is 0 Å². The molecule has 1 N–H and O–H groups in total. The molecule has 0 aliphatic carbocycles. The first-order valence-electron chi connectivity index (χ1n) is 13.6. The normalized spacial score (nSPS) is 10.7. The van der Waals surface area contributed by atoms with Gasteiger partial charge in [-0.1, -0.05) is 72.3 Å². The predicted molar refractivity (Wildman–Crippen MR) is 168 cm³/mol. The number of aromatic nitrogens is 2. The molecular formula is C34H31ClN4O4. The van der Waals surface area contributed by atoms with Crippen LogP contribution in [0.5, 0.6) is 11.5 Å². The number of rotatable bonds is 10. The second kappa shape index (κ2) is 13.3. The fraction of sp³-hybridized carbons (Fsp3) is 0.147. The first kappa shape index (κ1) is 29.4. The van der Waals surface area contributed by atoms with Gasteiger partial charge < -0.3 is 14.4 Å². The molecule has 0 unspecified atom stereocenters. The highest BCUT2D eigenvalue weighted by atomic mass is 35.5. The van der Waals surface area contributed by atoms with Gasteiger partial charge in [0.25, 0.3) is 5.91 Å². The molecule has 0 aliphatic rings. The maximum Gasteiger partial charge on any atom is 0.254 e. The number of hydrogen-bond acceptors (Lipinski definition) is 5. The molecule has 0 spiro atoms. The number of ether oxygens (including phenoxy) is 2. The fourth-order valence-corrected chi connectivity index (χ4v) is 4.85. The summed E-state index contributed by atoms with van der Waals surface area (Å²) in [6.45, 7) is 1.96. The number of benzene rings is 4. The van der Waals surface area contributed by atoms with E-state index in [1.807, 2.05) is 79.9 Å². The van der Waals surface area contributed by atoms with Gasteiger partial charge >= 0.3 is 0 Å². The van der Waals surface area contributed by atoms with Crippen LogP contribution in [0.3, 0.4) is 0 Å². The highest BCUT2D eigenvalue weighted by Crippen LogP contribution is 2.32. The third kappa shape index (κ3) is 6.88. The van der Waals surface area contributed by atoms with Gasteiger partial charge in [-0.25, -0.2) is 4.98 Å². The summed E-state index contributed by atoms with van der Waals surface area (Å²) in [6, 6.07) is 29.6. The van der Waals surface area contributed by atoms with E-state index in [1.165, 1.54) is 4.90 Å². The van der Waals surface area contributed by atoms with Gasteiger partial charge in [0.2, 0.25) is 11.9 Å². The van der Waals surface area contributed by atoms with Crippen molar-refractivity contribution in [2.75, 3.05) is 26.1 Å². The van der Waals surface area contributed by atoms with Gasteiger partial charge in [0.15, 0.2) is 11.5 Å². The van der Waals surface area contributed by atoms with Gasteiger partial charge in [0.1, 0.15) is 6.54 Å². The topological polar surface area (TPSA) is 85.7 Å². The summed E-state index contributed by atoms with van der Waals surface area (Å²) in [6.07, 6.45) is 1.82. The van der Waals surface area contributed by atoms with Crippen LogP contribution in [-0.4, -0.2) is 47.0 Å². The molecule has 0 radical (unpaired) electrons. The molecule has 2 amide bonds. The van der Waals surface area contributed by atoms with Crippen LogP contribution in [0.1, 0.15) is 21.5 Å².